The minimum atomic E-state index is 0.766. The van der Waals surface area contributed by atoms with E-state index in [1.54, 1.807) is 0 Å². The Labute approximate surface area is 133 Å². The average Bonchev–Trinajstić information content (AvgIpc) is 2.91. The summed E-state index contributed by atoms with van der Waals surface area (Å²) in [5.41, 5.74) is 7.62. The van der Waals surface area contributed by atoms with Gasteiger partial charge in [-0.2, -0.15) is 5.26 Å². The van der Waals surface area contributed by atoms with Gasteiger partial charge in [-0.25, -0.2) is 0 Å². The molecule has 0 atom stereocenters. The minimum Gasteiger partial charge on any atom is -0.192 e. The first kappa shape index (κ1) is 14.9. The zero-order valence-electron chi connectivity index (χ0n) is 13.4. The van der Waals surface area contributed by atoms with Crippen LogP contribution in [0.15, 0.2) is 36.4 Å². The van der Waals surface area contributed by atoms with Gasteiger partial charge < -0.3 is 0 Å². The number of unbranched alkanes of at least 4 members (excludes halogenated alkanes) is 4. The summed E-state index contributed by atoms with van der Waals surface area (Å²) < 4.78 is 0. The van der Waals surface area contributed by atoms with Gasteiger partial charge in [0.05, 0.1) is 11.6 Å². The molecule has 0 aromatic heterocycles. The molecule has 2 aromatic rings. The van der Waals surface area contributed by atoms with Crippen LogP contribution in [0.5, 0.6) is 0 Å². The molecule has 1 aliphatic rings. The van der Waals surface area contributed by atoms with Crippen molar-refractivity contribution in [1.29, 1.82) is 5.26 Å². The van der Waals surface area contributed by atoms with E-state index in [-0.39, 0.29) is 0 Å². The molecular weight excluding hydrogens is 266 g/mol. The van der Waals surface area contributed by atoms with Crippen LogP contribution in [0.4, 0.5) is 0 Å². The summed E-state index contributed by atoms with van der Waals surface area (Å²) in [5, 5.41) is 9.04. The van der Waals surface area contributed by atoms with Crippen LogP contribution in [0.25, 0.3) is 11.1 Å². The van der Waals surface area contributed by atoms with E-state index in [4.69, 9.17) is 5.26 Å². The lowest BCUT2D eigenvalue weighted by atomic mass is 10.00. The Kier molecular flexibility index (Phi) is 4.59. The van der Waals surface area contributed by atoms with E-state index in [0.717, 1.165) is 12.0 Å². The first-order valence-corrected chi connectivity index (χ1v) is 8.47. The van der Waals surface area contributed by atoms with Gasteiger partial charge in [0.1, 0.15) is 0 Å². The predicted molar refractivity (Wildman–Crippen MR) is 91.9 cm³/mol. The highest BCUT2D eigenvalue weighted by Gasteiger charge is 2.18. The molecule has 0 saturated heterocycles. The lowest BCUT2D eigenvalue weighted by Gasteiger charge is -2.05. The Bertz CT molecular complexity index is 706. The number of rotatable bonds is 6. The van der Waals surface area contributed by atoms with Crippen molar-refractivity contribution in [1.82, 2.24) is 0 Å². The highest BCUT2D eigenvalue weighted by Crippen LogP contribution is 2.37. The van der Waals surface area contributed by atoms with Gasteiger partial charge in [0.15, 0.2) is 0 Å². The van der Waals surface area contributed by atoms with E-state index in [9.17, 15) is 0 Å². The number of hydrogen-bond acceptors (Lipinski definition) is 1. The number of nitriles is 1. The topological polar surface area (TPSA) is 23.8 Å². The predicted octanol–water partition coefficient (Wildman–Crippen LogP) is 5.64. The van der Waals surface area contributed by atoms with Crippen molar-refractivity contribution in [2.24, 2.45) is 0 Å². The maximum atomic E-state index is 9.04. The molecule has 1 aliphatic carbocycles. The SMILES string of the molecule is CCCCCCCc1ccc2c(c1)Cc1cc(C#N)ccc1-2. The van der Waals surface area contributed by atoms with Crippen molar-refractivity contribution in [3.63, 3.8) is 0 Å². The molecule has 2 aromatic carbocycles. The molecule has 0 bridgehead atoms. The second-order valence-corrected chi connectivity index (χ2v) is 6.32. The van der Waals surface area contributed by atoms with Crippen LogP contribution in [0, 0.1) is 11.3 Å². The molecular formula is C21H23N. The van der Waals surface area contributed by atoms with Crippen molar-refractivity contribution in [3.05, 3.63) is 58.7 Å². The minimum absolute atomic E-state index is 0.766. The second-order valence-electron chi connectivity index (χ2n) is 6.32. The van der Waals surface area contributed by atoms with E-state index in [1.807, 2.05) is 12.1 Å². The first-order chi connectivity index (χ1) is 10.8. The molecule has 0 aliphatic heterocycles. The summed E-state index contributed by atoms with van der Waals surface area (Å²) in [6, 6.07) is 15.2. The highest BCUT2D eigenvalue weighted by atomic mass is 14.3. The fourth-order valence-electron chi connectivity index (χ4n) is 3.42. The van der Waals surface area contributed by atoms with Gasteiger partial charge >= 0.3 is 0 Å². The van der Waals surface area contributed by atoms with Gasteiger partial charge in [-0.3, -0.25) is 0 Å². The number of fused-ring (bicyclic) bond motifs is 3. The van der Waals surface area contributed by atoms with Crippen LogP contribution in [0.3, 0.4) is 0 Å². The van der Waals surface area contributed by atoms with Crippen molar-refractivity contribution < 1.29 is 0 Å². The van der Waals surface area contributed by atoms with Crippen LogP contribution in [0.2, 0.25) is 0 Å². The summed E-state index contributed by atoms with van der Waals surface area (Å²) in [6.45, 7) is 2.26. The molecule has 22 heavy (non-hydrogen) atoms. The summed E-state index contributed by atoms with van der Waals surface area (Å²) in [7, 11) is 0. The molecule has 0 amide bonds. The largest absolute Gasteiger partial charge is 0.192 e. The molecule has 0 N–H and O–H groups in total. The lowest BCUT2D eigenvalue weighted by Crippen LogP contribution is -1.89. The molecule has 3 rings (SSSR count). The molecule has 0 unspecified atom stereocenters. The Hall–Kier alpha value is -2.07. The summed E-state index contributed by atoms with van der Waals surface area (Å²) in [5.74, 6) is 0. The second kappa shape index (κ2) is 6.79. The van der Waals surface area contributed by atoms with Crippen LogP contribution >= 0.6 is 0 Å². The molecule has 0 saturated carbocycles. The standard InChI is InChI=1S/C21H23N/c1-2-3-4-5-6-7-16-8-10-20-18(12-16)14-19-13-17(15-22)9-11-21(19)20/h8-13H,2-7,14H2,1H3. The Balaban J connectivity index is 1.69. The van der Waals surface area contributed by atoms with Gasteiger partial charge in [-0.05, 0) is 59.2 Å². The van der Waals surface area contributed by atoms with E-state index >= 15 is 0 Å². The number of nitrogens with zero attached hydrogens (tertiary/aromatic N) is 1. The van der Waals surface area contributed by atoms with E-state index < -0.39 is 0 Å². The Morgan fingerprint density at radius 3 is 2.41 bits per heavy atom. The van der Waals surface area contributed by atoms with E-state index in [1.165, 1.54) is 66.3 Å². The average molecular weight is 289 g/mol. The van der Waals surface area contributed by atoms with Crippen LogP contribution in [0.1, 0.15) is 61.3 Å². The van der Waals surface area contributed by atoms with Crippen molar-refractivity contribution in [3.8, 4) is 17.2 Å². The first-order valence-electron chi connectivity index (χ1n) is 8.47. The third kappa shape index (κ3) is 3.07. The summed E-state index contributed by atoms with van der Waals surface area (Å²) in [6.07, 6.45) is 8.84. The molecule has 1 nitrogen and oxygen atoms in total. The van der Waals surface area contributed by atoms with Crippen LogP contribution in [-0.4, -0.2) is 0 Å². The third-order valence-electron chi connectivity index (χ3n) is 4.64. The van der Waals surface area contributed by atoms with Gasteiger partial charge in [-0.1, -0.05) is 56.9 Å². The van der Waals surface area contributed by atoms with Crippen LogP contribution in [-0.2, 0) is 12.8 Å². The monoisotopic (exact) mass is 289 g/mol. The molecule has 1 heteroatoms. The molecule has 0 heterocycles. The smallest absolute Gasteiger partial charge is 0.0991 e. The fraction of sp³-hybridized carbons (Fsp3) is 0.381. The van der Waals surface area contributed by atoms with Crippen molar-refractivity contribution >= 4 is 0 Å². The highest BCUT2D eigenvalue weighted by molar-refractivity contribution is 5.77. The molecule has 0 radical (unpaired) electrons. The van der Waals surface area contributed by atoms with Crippen molar-refractivity contribution in [2.75, 3.05) is 0 Å². The summed E-state index contributed by atoms with van der Waals surface area (Å²) in [4.78, 5) is 0. The summed E-state index contributed by atoms with van der Waals surface area (Å²) >= 11 is 0. The number of hydrogen-bond donors (Lipinski definition) is 0. The van der Waals surface area contributed by atoms with E-state index in [2.05, 4.69) is 37.3 Å². The van der Waals surface area contributed by atoms with E-state index in [0.29, 0.717) is 0 Å². The number of benzene rings is 2. The maximum absolute atomic E-state index is 9.04. The quantitative estimate of drug-likeness (QED) is 0.538. The Morgan fingerprint density at radius 2 is 1.64 bits per heavy atom. The third-order valence-corrected chi connectivity index (χ3v) is 4.64. The van der Waals surface area contributed by atoms with Gasteiger partial charge in [-0.15, -0.1) is 0 Å². The molecule has 0 fully saturated rings. The fourth-order valence-corrected chi connectivity index (χ4v) is 3.42. The zero-order chi connectivity index (χ0) is 15.4. The lowest BCUT2D eigenvalue weighted by molar-refractivity contribution is 0.632. The van der Waals surface area contributed by atoms with Crippen molar-refractivity contribution in [2.45, 2.75) is 51.9 Å². The Morgan fingerprint density at radius 1 is 0.909 bits per heavy atom. The van der Waals surface area contributed by atoms with Crippen LogP contribution < -0.4 is 0 Å². The van der Waals surface area contributed by atoms with Gasteiger partial charge in [0, 0.05) is 0 Å². The molecule has 112 valence electrons. The number of aryl methyl sites for hydroxylation is 1. The van der Waals surface area contributed by atoms with Gasteiger partial charge in [0.25, 0.3) is 0 Å². The maximum Gasteiger partial charge on any atom is 0.0991 e. The van der Waals surface area contributed by atoms with Gasteiger partial charge in [0.2, 0.25) is 0 Å². The molecule has 0 spiro atoms. The normalized spacial score (nSPS) is 11.8. The zero-order valence-corrected chi connectivity index (χ0v) is 13.4.